The summed E-state index contributed by atoms with van der Waals surface area (Å²) in [7, 11) is 1.62. The second-order valence-electron chi connectivity index (χ2n) is 4.11. The van der Waals surface area contributed by atoms with Gasteiger partial charge in [-0.2, -0.15) is 0 Å². The van der Waals surface area contributed by atoms with Crippen LogP contribution in [0.15, 0.2) is 30.3 Å². The lowest BCUT2D eigenvalue weighted by molar-refractivity contribution is -0.117. The van der Waals surface area contributed by atoms with E-state index in [1.54, 1.807) is 13.2 Å². The highest BCUT2D eigenvalue weighted by Gasteiger charge is 2.02. The first-order valence-electron chi connectivity index (χ1n) is 5.66. The van der Waals surface area contributed by atoms with Crippen molar-refractivity contribution in [3.8, 4) is 0 Å². The van der Waals surface area contributed by atoms with Gasteiger partial charge in [0.25, 0.3) is 0 Å². The number of carbonyl (C=O) groups excluding carboxylic acids is 1. The smallest absolute Gasteiger partial charge is 0.244 e. The Morgan fingerprint density at radius 2 is 2.29 bits per heavy atom. The minimum absolute atomic E-state index is 0.0228. The van der Waals surface area contributed by atoms with Crippen LogP contribution in [0.25, 0.3) is 6.08 Å². The van der Waals surface area contributed by atoms with Crippen LogP contribution in [0.5, 0.6) is 0 Å². The van der Waals surface area contributed by atoms with Crippen LogP contribution in [0.4, 0.5) is 0 Å². The molecule has 0 aliphatic heterocycles. The van der Waals surface area contributed by atoms with Crippen molar-refractivity contribution in [3.63, 3.8) is 0 Å². The van der Waals surface area contributed by atoms with Gasteiger partial charge >= 0.3 is 0 Å². The van der Waals surface area contributed by atoms with Crippen molar-refractivity contribution in [2.45, 2.75) is 19.9 Å². The Labute approximate surface area is 102 Å². The third kappa shape index (κ3) is 5.31. The predicted molar refractivity (Wildman–Crippen MR) is 69.7 cm³/mol. The third-order valence-corrected chi connectivity index (χ3v) is 2.27. The molecular formula is C14H19NO2. The summed E-state index contributed by atoms with van der Waals surface area (Å²) in [6.07, 6.45) is 3.35. The molecule has 0 aliphatic rings. The maximum atomic E-state index is 11.5. The Kier molecular flexibility index (Phi) is 5.43. The Morgan fingerprint density at radius 1 is 1.53 bits per heavy atom. The molecule has 0 aliphatic carbocycles. The van der Waals surface area contributed by atoms with Crippen LogP contribution in [-0.4, -0.2) is 25.7 Å². The van der Waals surface area contributed by atoms with Gasteiger partial charge in [0.1, 0.15) is 0 Å². The van der Waals surface area contributed by atoms with Crippen LogP contribution in [0.1, 0.15) is 18.1 Å². The van der Waals surface area contributed by atoms with Gasteiger partial charge in [-0.05, 0) is 25.5 Å². The molecule has 1 aromatic rings. The average Bonchev–Trinajstić information content (AvgIpc) is 2.27. The zero-order valence-electron chi connectivity index (χ0n) is 10.6. The van der Waals surface area contributed by atoms with E-state index in [0.29, 0.717) is 6.61 Å². The lowest BCUT2D eigenvalue weighted by atomic mass is 10.1. The molecule has 0 bridgehead atoms. The highest BCUT2D eigenvalue weighted by atomic mass is 16.5. The number of rotatable bonds is 5. The van der Waals surface area contributed by atoms with E-state index >= 15 is 0 Å². The van der Waals surface area contributed by atoms with Crippen molar-refractivity contribution in [3.05, 3.63) is 41.5 Å². The minimum atomic E-state index is -0.101. The molecule has 0 aromatic heterocycles. The summed E-state index contributed by atoms with van der Waals surface area (Å²) in [5.74, 6) is -0.101. The fourth-order valence-corrected chi connectivity index (χ4v) is 1.53. The van der Waals surface area contributed by atoms with Gasteiger partial charge in [0, 0.05) is 19.2 Å². The number of nitrogens with one attached hydrogen (secondary N) is 1. The van der Waals surface area contributed by atoms with E-state index in [1.165, 1.54) is 5.56 Å². The van der Waals surface area contributed by atoms with E-state index in [-0.39, 0.29) is 11.9 Å². The maximum absolute atomic E-state index is 11.5. The summed E-state index contributed by atoms with van der Waals surface area (Å²) in [5.41, 5.74) is 2.21. The summed E-state index contributed by atoms with van der Waals surface area (Å²) in [5, 5.41) is 2.81. The molecule has 1 atom stereocenters. The van der Waals surface area contributed by atoms with Gasteiger partial charge in [0.2, 0.25) is 5.91 Å². The Balaban J connectivity index is 2.51. The monoisotopic (exact) mass is 233 g/mol. The Hall–Kier alpha value is -1.61. The fraction of sp³-hybridized carbons (Fsp3) is 0.357. The SMILES string of the molecule is COC[C@@H](C)NC(=O)/C=C/c1cccc(C)c1. The summed E-state index contributed by atoms with van der Waals surface area (Å²) >= 11 is 0. The van der Waals surface area contributed by atoms with Gasteiger partial charge in [-0.1, -0.05) is 29.8 Å². The molecule has 1 N–H and O–H groups in total. The van der Waals surface area contributed by atoms with E-state index in [1.807, 2.05) is 44.2 Å². The first kappa shape index (κ1) is 13.5. The van der Waals surface area contributed by atoms with Crippen molar-refractivity contribution >= 4 is 12.0 Å². The molecule has 0 fully saturated rings. The lowest BCUT2D eigenvalue weighted by Crippen LogP contribution is -2.34. The van der Waals surface area contributed by atoms with E-state index < -0.39 is 0 Å². The molecule has 0 radical (unpaired) electrons. The van der Waals surface area contributed by atoms with Gasteiger partial charge in [-0.25, -0.2) is 0 Å². The van der Waals surface area contributed by atoms with Gasteiger partial charge in [0.15, 0.2) is 0 Å². The molecule has 0 unspecified atom stereocenters. The molecule has 1 aromatic carbocycles. The van der Waals surface area contributed by atoms with Crippen LogP contribution < -0.4 is 5.32 Å². The highest BCUT2D eigenvalue weighted by Crippen LogP contribution is 2.05. The van der Waals surface area contributed by atoms with Crippen LogP contribution in [0.2, 0.25) is 0 Å². The molecule has 3 nitrogen and oxygen atoms in total. The van der Waals surface area contributed by atoms with Crippen molar-refractivity contribution in [2.75, 3.05) is 13.7 Å². The number of aryl methyl sites for hydroxylation is 1. The van der Waals surface area contributed by atoms with Crippen molar-refractivity contribution in [1.82, 2.24) is 5.32 Å². The molecule has 0 heterocycles. The first-order valence-corrected chi connectivity index (χ1v) is 5.66. The summed E-state index contributed by atoms with van der Waals surface area (Å²) in [6.45, 7) is 4.45. The highest BCUT2D eigenvalue weighted by molar-refractivity contribution is 5.91. The van der Waals surface area contributed by atoms with E-state index in [2.05, 4.69) is 5.32 Å². The number of carbonyl (C=O) groups is 1. The van der Waals surface area contributed by atoms with Crippen LogP contribution in [-0.2, 0) is 9.53 Å². The second-order valence-corrected chi connectivity index (χ2v) is 4.11. The topological polar surface area (TPSA) is 38.3 Å². The maximum Gasteiger partial charge on any atom is 0.244 e. The molecule has 3 heteroatoms. The quantitative estimate of drug-likeness (QED) is 0.791. The molecule has 17 heavy (non-hydrogen) atoms. The lowest BCUT2D eigenvalue weighted by Gasteiger charge is -2.10. The number of hydrogen-bond acceptors (Lipinski definition) is 2. The third-order valence-electron chi connectivity index (χ3n) is 2.27. The van der Waals surface area contributed by atoms with E-state index in [4.69, 9.17) is 4.74 Å². The fourth-order valence-electron chi connectivity index (χ4n) is 1.53. The van der Waals surface area contributed by atoms with Gasteiger partial charge in [-0.3, -0.25) is 4.79 Å². The van der Waals surface area contributed by atoms with Gasteiger partial charge < -0.3 is 10.1 Å². The van der Waals surface area contributed by atoms with Crippen LogP contribution in [0, 0.1) is 6.92 Å². The number of benzene rings is 1. The normalized spacial score (nSPS) is 12.6. The summed E-state index contributed by atoms with van der Waals surface area (Å²) in [4.78, 5) is 11.5. The van der Waals surface area contributed by atoms with Crippen molar-refractivity contribution in [1.29, 1.82) is 0 Å². The number of amides is 1. The molecule has 0 saturated carbocycles. The average molecular weight is 233 g/mol. The predicted octanol–water partition coefficient (Wildman–Crippen LogP) is 2.16. The first-order chi connectivity index (χ1) is 8.11. The Morgan fingerprint density at radius 3 is 2.94 bits per heavy atom. The summed E-state index contributed by atoms with van der Waals surface area (Å²) in [6, 6.07) is 8.02. The van der Waals surface area contributed by atoms with Crippen LogP contribution >= 0.6 is 0 Å². The number of methoxy groups -OCH3 is 1. The molecule has 0 saturated heterocycles. The van der Waals surface area contributed by atoms with Crippen molar-refractivity contribution < 1.29 is 9.53 Å². The zero-order valence-corrected chi connectivity index (χ0v) is 10.6. The van der Waals surface area contributed by atoms with Crippen molar-refractivity contribution in [2.24, 2.45) is 0 Å². The number of ether oxygens (including phenoxy) is 1. The van der Waals surface area contributed by atoms with E-state index in [9.17, 15) is 4.79 Å². The molecule has 1 rings (SSSR count). The van der Waals surface area contributed by atoms with Crippen LogP contribution in [0.3, 0.4) is 0 Å². The molecule has 0 spiro atoms. The second kappa shape index (κ2) is 6.86. The largest absolute Gasteiger partial charge is 0.383 e. The Bertz CT molecular complexity index is 399. The van der Waals surface area contributed by atoms with Gasteiger partial charge in [-0.15, -0.1) is 0 Å². The standard InChI is InChI=1S/C14H19NO2/c1-11-5-4-6-13(9-11)7-8-14(16)15-12(2)10-17-3/h4-9,12H,10H2,1-3H3,(H,15,16)/b8-7+/t12-/m1/s1. The molecule has 1 amide bonds. The van der Waals surface area contributed by atoms with E-state index in [0.717, 1.165) is 5.56 Å². The molecule has 92 valence electrons. The summed E-state index contributed by atoms with van der Waals surface area (Å²) < 4.78 is 4.94. The molecular weight excluding hydrogens is 214 g/mol. The minimum Gasteiger partial charge on any atom is -0.383 e. The zero-order chi connectivity index (χ0) is 12.7. The number of hydrogen-bond donors (Lipinski definition) is 1. The van der Waals surface area contributed by atoms with Gasteiger partial charge in [0.05, 0.1) is 6.61 Å².